The molecule has 6 nitrogen and oxygen atoms in total. The number of aromatic nitrogens is 2. The summed E-state index contributed by atoms with van der Waals surface area (Å²) in [6.07, 6.45) is 4.94. The van der Waals surface area contributed by atoms with Crippen LogP contribution in [-0.2, 0) is 6.42 Å². The summed E-state index contributed by atoms with van der Waals surface area (Å²) < 4.78 is 7.60. The van der Waals surface area contributed by atoms with Crippen molar-refractivity contribution in [2.75, 3.05) is 26.2 Å². The molecular weight excluding hydrogens is 376 g/mol. The fraction of sp³-hybridized carbons (Fsp3) is 0.524. The van der Waals surface area contributed by atoms with Gasteiger partial charge in [0.15, 0.2) is 0 Å². The lowest BCUT2D eigenvalue weighted by Gasteiger charge is -2.22. The molecule has 1 unspecified atom stereocenters. The maximum Gasteiger partial charge on any atom is 0.271 e. The maximum absolute atomic E-state index is 12.3. The smallest absolute Gasteiger partial charge is 0.271 e. The number of rotatable bonds is 8. The topological polar surface area (TPSA) is 68.2 Å². The summed E-state index contributed by atoms with van der Waals surface area (Å²) in [4.78, 5) is 12.3. The Morgan fingerprint density at radius 3 is 2.79 bits per heavy atom. The Bertz CT molecular complexity index is 724. The number of halogens is 1. The van der Waals surface area contributed by atoms with Gasteiger partial charge in [0.05, 0.1) is 12.6 Å². The second-order valence-corrected chi connectivity index (χ2v) is 7.54. The van der Waals surface area contributed by atoms with Gasteiger partial charge in [-0.3, -0.25) is 9.48 Å². The number of carbonyl (C=O) groups is 1. The summed E-state index contributed by atoms with van der Waals surface area (Å²) in [6, 6.07) is 10.2. The highest BCUT2D eigenvalue weighted by molar-refractivity contribution is 5.92. The van der Waals surface area contributed by atoms with Gasteiger partial charge in [-0.25, -0.2) is 0 Å². The normalized spacial score (nSPS) is 16.5. The minimum Gasteiger partial charge on any atom is -0.493 e. The Morgan fingerprint density at radius 1 is 1.32 bits per heavy atom. The van der Waals surface area contributed by atoms with Crippen molar-refractivity contribution in [3.8, 4) is 5.75 Å². The number of nitrogens with one attached hydrogen (secondary N) is 2. The molecule has 0 radical (unpaired) electrons. The number of hydrogen-bond donors (Lipinski definition) is 2. The first-order valence-electron chi connectivity index (χ1n) is 9.87. The first-order chi connectivity index (χ1) is 13.1. The molecule has 1 aliphatic heterocycles. The third kappa shape index (κ3) is 6.53. The molecule has 1 fully saturated rings. The molecule has 2 heterocycles. The highest BCUT2D eigenvalue weighted by Gasteiger charge is 2.17. The Morgan fingerprint density at radius 2 is 2.11 bits per heavy atom. The van der Waals surface area contributed by atoms with Crippen LogP contribution in [0.3, 0.4) is 0 Å². The minimum absolute atomic E-state index is 0. The van der Waals surface area contributed by atoms with Gasteiger partial charge in [-0.1, -0.05) is 26.0 Å². The average molecular weight is 407 g/mol. The summed E-state index contributed by atoms with van der Waals surface area (Å²) in [6.45, 7) is 7.55. The highest BCUT2D eigenvalue weighted by Crippen LogP contribution is 2.16. The van der Waals surface area contributed by atoms with Crippen LogP contribution in [0.1, 0.15) is 48.8 Å². The van der Waals surface area contributed by atoms with Crippen molar-refractivity contribution < 1.29 is 9.53 Å². The lowest BCUT2D eigenvalue weighted by atomic mass is 10.1. The van der Waals surface area contributed by atoms with Gasteiger partial charge in [-0.2, -0.15) is 5.10 Å². The molecular formula is C21H31ClN4O2. The van der Waals surface area contributed by atoms with Gasteiger partial charge in [-0.05, 0) is 55.5 Å². The van der Waals surface area contributed by atoms with Crippen LogP contribution in [0.5, 0.6) is 5.75 Å². The van der Waals surface area contributed by atoms with Gasteiger partial charge in [0, 0.05) is 19.3 Å². The summed E-state index contributed by atoms with van der Waals surface area (Å²) in [5.41, 5.74) is 1.66. The standard InChI is InChI=1S/C21H30N4O2.ClH/c1-16(2)15-27-19-7-5-17(6-8-19)9-12-23-21(26)20-10-13-25(24-20)18-4-3-11-22-14-18;/h5-8,10,13,16,18,22H,3-4,9,11-12,14-15H2,1-2H3,(H,23,26);1H. The third-order valence-electron chi connectivity index (χ3n) is 4.69. The molecule has 1 aromatic carbocycles. The molecule has 1 amide bonds. The van der Waals surface area contributed by atoms with E-state index in [9.17, 15) is 4.79 Å². The van der Waals surface area contributed by atoms with E-state index in [-0.39, 0.29) is 18.3 Å². The zero-order valence-corrected chi connectivity index (χ0v) is 17.5. The number of carbonyl (C=O) groups excluding carboxylic acids is 1. The van der Waals surface area contributed by atoms with Crippen LogP contribution in [0, 0.1) is 5.92 Å². The molecule has 154 valence electrons. The van der Waals surface area contributed by atoms with Crippen molar-refractivity contribution in [2.45, 2.75) is 39.2 Å². The van der Waals surface area contributed by atoms with Gasteiger partial charge >= 0.3 is 0 Å². The van der Waals surface area contributed by atoms with E-state index in [1.807, 2.05) is 35.1 Å². The molecule has 2 N–H and O–H groups in total. The van der Waals surface area contributed by atoms with Crippen molar-refractivity contribution in [3.63, 3.8) is 0 Å². The lowest BCUT2D eigenvalue weighted by Crippen LogP contribution is -2.32. The van der Waals surface area contributed by atoms with Crippen molar-refractivity contribution in [3.05, 3.63) is 47.8 Å². The fourth-order valence-corrected chi connectivity index (χ4v) is 3.15. The van der Waals surface area contributed by atoms with E-state index in [4.69, 9.17) is 4.74 Å². The second-order valence-electron chi connectivity index (χ2n) is 7.54. The fourth-order valence-electron chi connectivity index (χ4n) is 3.15. The van der Waals surface area contributed by atoms with Crippen LogP contribution in [0.25, 0.3) is 0 Å². The van der Waals surface area contributed by atoms with Crippen LogP contribution in [-0.4, -0.2) is 41.9 Å². The van der Waals surface area contributed by atoms with Gasteiger partial charge < -0.3 is 15.4 Å². The summed E-state index contributed by atoms with van der Waals surface area (Å²) in [7, 11) is 0. The number of nitrogens with zero attached hydrogens (tertiary/aromatic N) is 2. The summed E-state index contributed by atoms with van der Waals surface area (Å²) in [5.74, 6) is 1.28. The average Bonchev–Trinajstić information content (AvgIpc) is 3.18. The van der Waals surface area contributed by atoms with E-state index >= 15 is 0 Å². The van der Waals surface area contributed by atoms with Crippen molar-refractivity contribution >= 4 is 18.3 Å². The highest BCUT2D eigenvalue weighted by atomic mass is 35.5. The van der Waals surface area contributed by atoms with Crippen LogP contribution < -0.4 is 15.4 Å². The Hall–Kier alpha value is -2.05. The van der Waals surface area contributed by atoms with Gasteiger partial charge in [0.1, 0.15) is 11.4 Å². The van der Waals surface area contributed by atoms with E-state index in [0.717, 1.165) is 44.7 Å². The summed E-state index contributed by atoms with van der Waals surface area (Å²) >= 11 is 0. The van der Waals surface area contributed by atoms with Crippen molar-refractivity contribution in [1.29, 1.82) is 0 Å². The molecule has 28 heavy (non-hydrogen) atoms. The molecule has 1 aliphatic rings. The molecule has 1 atom stereocenters. The molecule has 0 aliphatic carbocycles. The minimum atomic E-state index is -0.116. The number of amides is 1. The SMILES string of the molecule is CC(C)COc1ccc(CCNC(=O)c2ccn(C3CCCNC3)n2)cc1.Cl. The monoisotopic (exact) mass is 406 g/mol. The zero-order valence-electron chi connectivity index (χ0n) is 16.7. The molecule has 1 saturated heterocycles. The molecule has 0 saturated carbocycles. The van der Waals surface area contributed by atoms with Crippen LogP contribution in [0.2, 0.25) is 0 Å². The first-order valence-corrected chi connectivity index (χ1v) is 9.87. The quantitative estimate of drug-likeness (QED) is 0.706. The maximum atomic E-state index is 12.3. The van der Waals surface area contributed by atoms with E-state index < -0.39 is 0 Å². The first kappa shape index (κ1) is 22.2. The molecule has 2 aromatic rings. The molecule has 0 bridgehead atoms. The number of piperidine rings is 1. The Balaban J connectivity index is 0.00000280. The largest absolute Gasteiger partial charge is 0.493 e. The molecule has 0 spiro atoms. The van der Waals surface area contributed by atoms with Crippen molar-refractivity contribution in [2.24, 2.45) is 5.92 Å². The zero-order chi connectivity index (χ0) is 19.1. The van der Waals surface area contributed by atoms with E-state index in [1.165, 1.54) is 5.56 Å². The van der Waals surface area contributed by atoms with E-state index in [1.54, 1.807) is 6.07 Å². The van der Waals surface area contributed by atoms with E-state index in [0.29, 0.717) is 24.2 Å². The lowest BCUT2D eigenvalue weighted by molar-refractivity contribution is 0.0947. The third-order valence-corrected chi connectivity index (χ3v) is 4.69. The van der Waals surface area contributed by atoms with Gasteiger partial charge in [0.2, 0.25) is 0 Å². The predicted octanol–water partition coefficient (Wildman–Crippen LogP) is 3.24. The summed E-state index contributed by atoms with van der Waals surface area (Å²) in [5, 5.41) is 10.8. The van der Waals surface area contributed by atoms with E-state index in [2.05, 4.69) is 29.6 Å². The van der Waals surface area contributed by atoms with Gasteiger partial charge in [0.25, 0.3) is 5.91 Å². The van der Waals surface area contributed by atoms with Crippen LogP contribution in [0.15, 0.2) is 36.5 Å². The second kappa shape index (κ2) is 11.1. The Labute approximate surface area is 173 Å². The molecule has 7 heteroatoms. The number of hydrogen-bond acceptors (Lipinski definition) is 4. The molecule has 1 aromatic heterocycles. The number of ether oxygens (including phenoxy) is 1. The van der Waals surface area contributed by atoms with Gasteiger partial charge in [-0.15, -0.1) is 12.4 Å². The number of benzene rings is 1. The van der Waals surface area contributed by atoms with Crippen LogP contribution in [0.4, 0.5) is 0 Å². The predicted molar refractivity (Wildman–Crippen MR) is 113 cm³/mol. The molecule has 3 rings (SSSR count). The van der Waals surface area contributed by atoms with Crippen molar-refractivity contribution in [1.82, 2.24) is 20.4 Å². The van der Waals surface area contributed by atoms with Crippen LogP contribution >= 0.6 is 12.4 Å². The Kier molecular flexibility index (Phi) is 8.80.